The van der Waals surface area contributed by atoms with Gasteiger partial charge in [-0.25, -0.2) is 0 Å². The molecule has 0 aliphatic rings. The molecule has 2 rings (SSSR count). The van der Waals surface area contributed by atoms with Gasteiger partial charge in [0.2, 0.25) is 0 Å². The second-order valence-corrected chi connectivity index (χ2v) is 6.33. The first-order valence-corrected chi connectivity index (χ1v) is 9.20. The van der Waals surface area contributed by atoms with Crippen LogP contribution >= 0.6 is 12.2 Å². The van der Waals surface area contributed by atoms with Gasteiger partial charge in [0.25, 0.3) is 11.8 Å². The Morgan fingerprint density at radius 3 is 2.17 bits per heavy atom. The Morgan fingerprint density at radius 2 is 1.52 bits per heavy atom. The smallest absolute Gasteiger partial charge is 0.276 e. The van der Waals surface area contributed by atoms with Crippen molar-refractivity contribution in [3.8, 4) is 11.5 Å². The van der Waals surface area contributed by atoms with Crippen LogP contribution in [0.4, 0.5) is 0 Å². The van der Waals surface area contributed by atoms with Gasteiger partial charge in [-0.15, -0.1) is 0 Å². The summed E-state index contributed by atoms with van der Waals surface area (Å²) in [6.45, 7) is 2.66. The van der Waals surface area contributed by atoms with E-state index in [2.05, 4.69) is 16.2 Å². The van der Waals surface area contributed by atoms with Crippen LogP contribution in [0.25, 0.3) is 0 Å². The van der Waals surface area contributed by atoms with Crippen LogP contribution < -0.4 is 25.6 Å². The number of rotatable bonds is 8. The van der Waals surface area contributed by atoms with Crippen LogP contribution in [0.5, 0.6) is 11.5 Å². The predicted molar refractivity (Wildman–Crippen MR) is 112 cm³/mol. The lowest BCUT2D eigenvalue weighted by atomic mass is 10.2. The van der Waals surface area contributed by atoms with Crippen LogP contribution in [0.1, 0.15) is 15.9 Å². The minimum atomic E-state index is -0.445. The van der Waals surface area contributed by atoms with Crippen molar-refractivity contribution in [1.29, 1.82) is 0 Å². The number of benzene rings is 2. The molecule has 0 unspecified atom stereocenters. The lowest BCUT2D eigenvalue weighted by molar-refractivity contribution is -0.123. The van der Waals surface area contributed by atoms with Gasteiger partial charge in [-0.1, -0.05) is 17.7 Å². The van der Waals surface area contributed by atoms with Crippen LogP contribution in [-0.2, 0) is 9.53 Å². The number of thiocarbonyl (C=S) groups is 1. The molecule has 0 aliphatic carbocycles. The van der Waals surface area contributed by atoms with E-state index in [0.29, 0.717) is 30.3 Å². The molecule has 0 aliphatic heterocycles. The summed E-state index contributed by atoms with van der Waals surface area (Å²) in [5.74, 6) is 0.340. The Morgan fingerprint density at radius 1 is 0.897 bits per heavy atom. The van der Waals surface area contributed by atoms with Gasteiger partial charge in [0.1, 0.15) is 18.1 Å². The molecule has 0 heterocycles. The fraction of sp³-hybridized carbons (Fsp3) is 0.250. The maximum atomic E-state index is 12.2. The van der Waals surface area contributed by atoms with E-state index in [1.54, 1.807) is 43.5 Å². The van der Waals surface area contributed by atoms with Gasteiger partial charge in [0.15, 0.2) is 11.7 Å². The fourth-order valence-electron chi connectivity index (χ4n) is 2.10. The van der Waals surface area contributed by atoms with Crippen LogP contribution in [0, 0.1) is 6.92 Å². The summed E-state index contributed by atoms with van der Waals surface area (Å²) >= 11 is 5.00. The average molecular weight is 417 g/mol. The number of methoxy groups -OCH3 is 1. The molecule has 9 heteroatoms. The van der Waals surface area contributed by atoms with Gasteiger partial charge in [0.05, 0.1) is 6.61 Å². The van der Waals surface area contributed by atoms with E-state index in [1.165, 1.54) is 0 Å². The molecule has 2 aromatic rings. The molecule has 29 heavy (non-hydrogen) atoms. The molecule has 2 aromatic carbocycles. The molecule has 0 saturated heterocycles. The molecule has 0 bridgehead atoms. The number of ether oxygens (including phenoxy) is 3. The summed E-state index contributed by atoms with van der Waals surface area (Å²) in [5.41, 5.74) is 6.30. The Bertz CT molecular complexity index is 825. The molecule has 2 amide bonds. The molecular formula is C20H23N3O5S. The third kappa shape index (κ3) is 8.16. The number of hydrogen-bond donors (Lipinski definition) is 3. The molecule has 154 valence electrons. The van der Waals surface area contributed by atoms with Crippen molar-refractivity contribution >= 4 is 29.1 Å². The van der Waals surface area contributed by atoms with E-state index < -0.39 is 11.8 Å². The van der Waals surface area contributed by atoms with Crippen LogP contribution in [0.3, 0.4) is 0 Å². The molecule has 0 fully saturated rings. The first kappa shape index (κ1) is 22.1. The highest BCUT2D eigenvalue weighted by Crippen LogP contribution is 2.12. The van der Waals surface area contributed by atoms with Crippen LogP contribution in [0.15, 0.2) is 48.5 Å². The molecule has 0 spiro atoms. The zero-order valence-corrected chi connectivity index (χ0v) is 17.0. The summed E-state index contributed by atoms with van der Waals surface area (Å²) in [7, 11) is 1.59. The number of hydrazine groups is 1. The van der Waals surface area contributed by atoms with E-state index in [0.717, 1.165) is 5.56 Å². The first-order valence-electron chi connectivity index (χ1n) is 8.79. The second kappa shape index (κ2) is 11.6. The van der Waals surface area contributed by atoms with Crippen molar-refractivity contribution in [1.82, 2.24) is 16.2 Å². The predicted octanol–water partition coefficient (Wildman–Crippen LogP) is 1.73. The number of aryl methyl sites for hydroxylation is 1. The van der Waals surface area contributed by atoms with E-state index in [1.807, 2.05) is 19.1 Å². The largest absolute Gasteiger partial charge is 0.491 e. The Balaban J connectivity index is 1.70. The number of nitrogens with one attached hydrogen (secondary N) is 3. The molecular weight excluding hydrogens is 394 g/mol. The minimum Gasteiger partial charge on any atom is -0.491 e. The minimum absolute atomic E-state index is 0.0425. The van der Waals surface area contributed by atoms with Crippen molar-refractivity contribution in [2.24, 2.45) is 0 Å². The van der Waals surface area contributed by atoms with Gasteiger partial charge >= 0.3 is 0 Å². The number of amides is 2. The highest BCUT2D eigenvalue weighted by molar-refractivity contribution is 7.80. The maximum Gasteiger partial charge on any atom is 0.276 e. The summed E-state index contributed by atoms with van der Waals surface area (Å²) < 4.78 is 15.7. The maximum absolute atomic E-state index is 12.2. The number of carbonyl (C=O) groups excluding carboxylic acids is 2. The molecule has 8 nitrogen and oxygen atoms in total. The third-order valence-corrected chi connectivity index (χ3v) is 3.81. The van der Waals surface area contributed by atoms with Gasteiger partial charge in [-0.2, -0.15) is 0 Å². The van der Waals surface area contributed by atoms with E-state index in [9.17, 15) is 9.59 Å². The van der Waals surface area contributed by atoms with Crippen molar-refractivity contribution in [2.75, 3.05) is 26.9 Å². The quantitative estimate of drug-likeness (QED) is 0.342. The highest BCUT2D eigenvalue weighted by Gasteiger charge is 2.09. The van der Waals surface area contributed by atoms with E-state index >= 15 is 0 Å². The summed E-state index contributed by atoms with van der Waals surface area (Å²) in [5, 5.41) is 2.43. The van der Waals surface area contributed by atoms with Gasteiger partial charge in [0, 0.05) is 12.7 Å². The molecule has 3 N–H and O–H groups in total. The molecule has 0 atom stereocenters. The van der Waals surface area contributed by atoms with Crippen molar-refractivity contribution in [3.05, 3.63) is 59.7 Å². The van der Waals surface area contributed by atoms with Gasteiger partial charge in [-0.3, -0.25) is 25.8 Å². The zero-order chi connectivity index (χ0) is 21.1. The normalized spacial score (nSPS) is 10.0. The van der Waals surface area contributed by atoms with Gasteiger partial charge in [-0.05, 0) is 55.5 Å². The lowest BCUT2D eigenvalue weighted by Gasteiger charge is -2.12. The highest BCUT2D eigenvalue weighted by atomic mass is 32.1. The Labute approximate surface area is 174 Å². The Kier molecular flexibility index (Phi) is 8.87. The number of hydrogen-bond acceptors (Lipinski definition) is 6. The standard InChI is InChI=1S/C20H23N3O5S/c1-14-3-7-17(8-4-14)28-13-18(24)22-23-20(29)21-19(25)15-5-9-16(10-6-15)27-12-11-26-2/h3-10H,11-13H2,1-2H3,(H,22,24)(H2,21,23,25,29). The lowest BCUT2D eigenvalue weighted by Crippen LogP contribution is -2.49. The molecule has 0 aromatic heterocycles. The Hall–Kier alpha value is -3.17. The van der Waals surface area contributed by atoms with E-state index in [4.69, 9.17) is 26.4 Å². The summed E-state index contributed by atoms with van der Waals surface area (Å²) in [6.07, 6.45) is 0. The van der Waals surface area contributed by atoms with Crippen molar-refractivity contribution in [2.45, 2.75) is 6.92 Å². The average Bonchev–Trinajstić information content (AvgIpc) is 2.72. The van der Waals surface area contributed by atoms with Crippen molar-refractivity contribution in [3.63, 3.8) is 0 Å². The van der Waals surface area contributed by atoms with Crippen molar-refractivity contribution < 1.29 is 23.8 Å². The summed E-state index contributed by atoms with van der Waals surface area (Å²) in [4.78, 5) is 24.0. The second-order valence-electron chi connectivity index (χ2n) is 5.92. The van der Waals surface area contributed by atoms with Crippen LogP contribution in [-0.4, -0.2) is 43.9 Å². The van der Waals surface area contributed by atoms with E-state index in [-0.39, 0.29) is 11.7 Å². The van der Waals surface area contributed by atoms with Crippen LogP contribution in [0.2, 0.25) is 0 Å². The molecule has 0 radical (unpaired) electrons. The third-order valence-electron chi connectivity index (χ3n) is 3.61. The zero-order valence-electron chi connectivity index (χ0n) is 16.2. The van der Waals surface area contributed by atoms with Gasteiger partial charge < -0.3 is 14.2 Å². The monoisotopic (exact) mass is 417 g/mol. The topological polar surface area (TPSA) is 97.9 Å². The summed E-state index contributed by atoms with van der Waals surface area (Å²) in [6, 6.07) is 13.9. The number of carbonyl (C=O) groups is 2. The SMILES string of the molecule is COCCOc1ccc(C(=O)NC(=S)NNC(=O)COc2ccc(C)cc2)cc1. The molecule has 0 saturated carbocycles. The fourth-order valence-corrected chi connectivity index (χ4v) is 2.24. The first-order chi connectivity index (χ1) is 14.0.